The van der Waals surface area contributed by atoms with Crippen molar-refractivity contribution in [2.24, 2.45) is 0 Å². The third-order valence-electron chi connectivity index (χ3n) is 2.90. The molecule has 0 unspecified atom stereocenters. The van der Waals surface area contributed by atoms with E-state index in [0.29, 0.717) is 21.5 Å². The molecule has 2 aromatic rings. The summed E-state index contributed by atoms with van der Waals surface area (Å²) in [6.45, 7) is 3.83. The van der Waals surface area contributed by atoms with E-state index in [2.05, 4.69) is 21.2 Å². The van der Waals surface area contributed by atoms with E-state index < -0.39 is 4.92 Å². The maximum absolute atomic E-state index is 12.2. The highest BCUT2D eigenvalue weighted by Gasteiger charge is 2.13. The predicted molar refractivity (Wildman–Crippen MR) is 91.0 cm³/mol. The van der Waals surface area contributed by atoms with Gasteiger partial charge in [0.15, 0.2) is 0 Å². The van der Waals surface area contributed by atoms with Gasteiger partial charge in [-0.05, 0) is 60.1 Å². The third kappa shape index (κ3) is 4.53. The lowest BCUT2D eigenvalue weighted by Crippen LogP contribution is -2.12. The smallest absolute Gasteiger partial charge is 0.271 e. The molecular weight excluding hydrogens is 364 g/mol. The molecule has 0 aliphatic carbocycles. The van der Waals surface area contributed by atoms with Gasteiger partial charge in [0.25, 0.3) is 11.6 Å². The Morgan fingerprint density at radius 3 is 2.43 bits per heavy atom. The lowest BCUT2D eigenvalue weighted by molar-refractivity contribution is -0.384. The molecule has 0 fully saturated rings. The molecule has 6 nitrogen and oxygen atoms in total. The Bertz CT molecular complexity index is 729. The van der Waals surface area contributed by atoms with Crippen LogP contribution in [-0.4, -0.2) is 16.9 Å². The van der Waals surface area contributed by atoms with E-state index in [0.717, 1.165) is 0 Å². The topological polar surface area (TPSA) is 81.5 Å². The minimum atomic E-state index is -0.514. The minimum Gasteiger partial charge on any atom is -0.491 e. The first-order valence-electron chi connectivity index (χ1n) is 6.89. The zero-order chi connectivity index (χ0) is 17.0. The molecule has 0 bridgehead atoms. The average molecular weight is 379 g/mol. The highest BCUT2D eigenvalue weighted by molar-refractivity contribution is 9.10. The van der Waals surface area contributed by atoms with Crippen molar-refractivity contribution < 1.29 is 14.5 Å². The Morgan fingerprint density at radius 2 is 1.87 bits per heavy atom. The van der Waals surface area contributed by atoms with Crippen LogP contribution in [-0.2, 0) is 0 Å². The number of nitrogens with zero attached hydrogens (tertiary/aromatic N) is 1. The fraction of sp³-hybridized carbons (Fsp3) is 0.188. The number of benzene rings is 2. The number of carbonyl (C=O) groups excluding carboxylic acids is 1. The van der Waals surface area contributed by atoms with Gasteiger partial charge in [-0.25, -0.2) is 0 Å². The minimum absolute atomic E-state index is 0.0514. The lowest BCUT2D eigenvalue weighted by atomic mass is 10.2. The zero-order valence-corrected chi connectivity index (χ0v) is 14.2. The molecule has 1 N–H and O–H groups in total. The van der Waals surface area contributed by atoms with Crippen LogP contribution in [0.1, 0.15) is 24.2 Å². The maximum atomic E-state index is 12.2. The predicted octanol–water partition coefficient (Wildman–Crippen LogP) is 4.40. The van der Waals surface area contributed by atoms with Crippen LogP contribution in [0.2, 0.25) is 0 Å². The molecule has 2 aromatic carbocycles. The number of non-ortho nitro benzene ring substituents is 1. The van der Waals surface area contributed by atoms with Crippen molar-refractivity contribution >= 4 is 33.2 Å². The largest absolute Gasteiger partial charge is 0.491 e. The Labute approximate surface area is 141 Å². The number of amides is 1. The van der Waals surface area contributed by atoms with E-state index in [9.17, 15) is 14.9 Å². The molecule has 23 heavy (non-hydrogen) atoms. The molecule has 1 amide bonds. The van der Waals surface area contributed by atoms with Crippen molar-refractivity contribution in [3.8, 4) is 5.75 Å². The summed E-state index contributed by atoms with van der Waals surface area (Å²) < 4.78 is 6.08. The number of nitrogens with one attached hydrogen (secondary N) is 1. The van der Waals surface area contributed by atoms with Crippen molar-refractivity contribution in [3.05, 3.63) is 62.6 Å². The average Bonchev–Trinajstić information content (AvgIpc) is 2.49. The SMILES string of the molecule is CC(C)Oc1ccc(C(=O)Nc2cc([N+](=O)[O-])ccc2Br)cc1. The molecule has 0 heterocycles. The Balaban J connectivity index is 2.15. The summed E-state index contributed by atoms with van der Waals surface area (Å²) in [5, 5.41) is 13.5. The van der Waals surface area contributed by atoms with Crippen molar-refractivity contribution in [1.29, 1.82) is 0 Å². The summed E-state index contributed by atoms with van der Waals surface area (Å²) in [5.41, 5.74) is 0.676. The first kappa shape index (κ1) is 17.0. The summed E-state index contributed by atoms with van der Waals surface area (Å²) in [4.78, 5) is 22.5. The van der Waals surface area contributed by atoms with Crippen molar-refractivity contribution in [2.45, 2.75) is 20.0 Å². The normalized spacial score (nSPS) is 10.4. The van der Waals surface area contributed by atoms with Gasteiger partial charge in [-0.1, -0.05) is 0 Å². The van der Waals surface area contributed by atoms with E-state index in [1.807, 2.05) is 13.8 Å². The number of carbonyl (C=O) groups is 1. The molecule has 0 aliphatic rings. The molecular formula is C16H15BrN2O4. The fourth-order valence-corrected chi connectivity index (χ4v) is 2.22. The first-order valence-corrected chi connectivity index (χ1v) is 7.68. The molecule has 7 heteroatoms. The van der Waals surface area contributed by atoms with Crippen molar-refractivity contribution in [3.63, 3.8) is 0 Å². The molecule has 0 radical (unpaired) electrons. The van der Waals surface area contributed by atoms with Gasteiger partial charge in [-0.15, -0.1) is 0 Å². The van der Waals surface area contributed by atoms with Crippen LogP contribution in [0.15, 0.2) is 46.9 Å². The quantitative estimate of drug-likeness (QED) is 0.617. The molecule has 0 saturated heterocycles. The van der Waals surface area contributed by atoms with Gasteiger partial charge in [-0.3, -0.25) is 14.9 Å². The summed E-state index contributed by atoms with van der Waals surface area (Å²) in [5.74, 6) is 0.315. The van der Waals surface area contributed by atoms with Gasteiger partial charge in [0.05, 0.1) is 16.7 Å². The van der Waals surface area contributed by atoms with Gasteiger partial charge < -0.3 is 10.1 Å². The number of halogens is 1. The molecule has 120 valence electrons. The van der Waals surface area contributed by atoms with E-state index in [-0.39, 0.29) is 17.7 Å². The van der Waals surface area contributed by atoms with Crippen molar-refractivity contribution in [2.75, 3.05) is 5.32 Å². The van der Waals surface area contributed by atoms with Crippen LogP contribution in [0.3, 0.4) is 0 Å². The van der Waals surface area contributed by atoms with Crippen LogP contribution in [0, 0.1) is 10.1 Å². The van der Waals surface area contributed by atoms with E-state index >= 15 is 0 Å². The fourth-order valence-electron chi connectivity index (χ4n) is 1.87. The van der Waals surface area contributed by atoms with Crippen LogP contribution < -0.4 is 10.1 Å². The van der Waals surface area contributed by atoms with Crippen molar-refractivity contribution in [1.82, 2.24) is 0 Å². The number of anilines is 1. The monoisotopic (exact) mass is 378 g/mol. The summed E-state index contributed by atoms with van der Waals surface area (Å²) in [6, 6.07) is 10.9. The highest BCUT2D eigenvalue weighted by atomic mass is 79.9. The number of ether oxygens (including phenoxy) is 1. The molecule has 0 saturated carbocycles. The second-order valence-electron chi connectivity index (χ2n) is 5.07. The van der Waals surface area contributed by atoms with E-state index in [4.69, 9.17) is 4.74 Å². The lowest BCUT2D eigenvalue weighted by Gasteiger charge is -2.10. The Kier molecular flexibility index (Phi) is 5.33. The third-order valence-corrected chi connectivity index (χ3v) is 3.59. The summed E-state index contributed by atoms with van der Waals surface area (Å²) in [7, 11) is 0. The van der Waals surface area contributed by atoms with Crippen LogP contribution in [0.4, 0.5) is 11.4 Å². The second-order valence-corrected chi connectivity index (χ2v) is 5.92. The number of nitro groups is 1. The van der Waals surface area contributed by atoms with Gasteiger partial charge in [-0.2, -0.15) is 0 Å². The van der Waals surface area contributed by atoms with Gasteiger partial charge in [0.1, 0.15) is 5.75 Å². The molecule has 2 rings (SSSR count). The highest BCUT2D eigenvalue weighted by Crippen LogP contribution is 2.27. The van der Waals surface area contributed by atoms with Gasteiger partial charge in [0, 0.05) is 22.2 Å². The summed E-state index contributed by atoms with van der Waals surface area (Å²) in [6.07, 6.45) is 0.0514. The number of nitro benzene ring substituents is 1. The second kappa shape index (κ2) is 7.23. The van der Waals surface area contributed by atoms with E-state index in [1.54, 1.807) is 24.3 Å². The Morgan fingerprint density at radius 1 is 1.22 bits per heavy atom. The maximum Gasteiger partial charge on any atom is 0.271 e. The first-order chi connectivity index (χ1) is 10.9. The summed E-state index contributed by atoms with van der Waals surface area (Å²) >= 11 is 3.26. The standard InChI is InChI=1S/C16H15BrN2O4/c1-10(2)23-13-6-3-11(4-7-13)16(20)18-15-9-12(19(21)22)5-8-14(15)17/h3-10H,1-2H3,(H,18,20). The number of rotatable bonds is 5. The van der Waals surface area contributed by atoms with Crippen LogP contribution >= 0.6 is 15.9 Å². The molecule has 0 aliphatic heterocycles. The van der Waals surface area contributed by atoms with Crippen LogP contribution in [0.5, 0.6) is 5.75 Å². The zero-order valence-electron chi connectivity index (χ0n) is 12.6. The Hall–Kier alpha value is -2.41. The number of hydrogen-bond donors (Lipinski definition) is 1. The van der Waals surface area contributed by atoms with E-state index in [1.165, 1.54) is 18.2 Å². The van der Waals surface area contributed by atoms with Crippen LogP contribution in [0.25, 0.3) is 0 Å². The molecule has 0 spiro atoms. The van der Waals surface area contributed by atoms with Gasteiger partial charge in [0.2, 0.25) is 0 Å². The molecule has 0 aromatic heterocycles. The number of hydrogen-bond acceptors (Lipinski definition) is 4. The molecule has 0 atom stereocenters. The van der Waals surface area contributed by atoms with Gasteiger partial charge >= 0.3 is 0 Å².